The molecule has 1 aliphatic heterocycles. The van der Waals surface area contributed by atoms with E-state index in [1.165, 1.54) is 11.8 Å². The second-order valence-corrected chi connectivity index (χ2v) is 4.85. The largest absolute Gasteiger partial charge is 0.549 e. The molecule has 0 bridgehead atoms. The summed E-state index contributed by atoms with van der Waals surface area (Å²) < 4.78 is 0. The van der Waals surface area contributed by atoms with E-state index in [1.54, 1.807) is 0 Å². The Hall–Kier alpha value is -0.710. The Morgan fingerprint density at radius 3 is 2.92 bits per heavy atom. The maximum absolute atomic E-state index is 10.2. The summed E-state index contributed by atoms with van der Waals surface area (Å²) in [6, 6.07) is 0. The molecular weight excluding hydrogens is 188 g/mol. The Labute approximate surface area is 81.8 Å². The topological polar surface area (TPSA) is 66.1 Å². The number of carboxylic acids is 1. The molecule has 0 radical (unpaired) electrons. The SMILES string of the molecule is CC1(C)CNC(SCC(=O)[O-])=[NH+]C1. The van der Waals surface area contributed by atoms with Gasteiger partial charge in [0.1, 0.15) is 0 Å². The zero-order valence-corrected chi connectivity index (χ0v) is 8.66. The molecule has 74 valence electrons. The van der Waals surface area contributed by atoms with E-state index in [0.717, 1.165) is 18.3 Å². The molecule has 0 aliphatic carbocycles. The van der Waals surface area contributed by atoms with E-state index in [1.807, 2.05) is 0 Å². The molecule has 1 aliphatic rings. The number of rotatable bonds is 2. The first-order valence-corrected chi connectivity index (χ1v) is 5.15. The molecule has 0 aromatic rings. The molecule has 0 fully saturated rings. The number of carboxylic acid groups (broad SMARTS) is 1. The van der Waals surface area contributed by atoms with Crippen LogP contribution >= 0.6 is 11.8 Å². The fraction of sp³-hybridized carbons (Fsp3) is 0.750. The summed E-state index contributed by atoms with van der Waals surface area (Å²) in [6.45, 7) is 6.03. The van der Waals surface area contributed by atoms with E-state index in [4.69, 9.17) is 0 Å². The van der Waals surface area contributed by atoms with Crippen molar-refractivity contribution in [2.45, 2.75) is 13.8 Å². The van der Waals surface area contributed by atoms with Gasteiger partial charge in [0.25, 0.3) is 0 Å². The Bertz CT molecular complexity index is 238. The van der Waals surface area contributed by atoms with Crippen LogP contribution in [0.1, 0.15) is 13.8 Å². The van der Waals surface area contributed by atoms with Crippen molar-refractivity contribution in [1.29, 1.82) is 0 Å². The van der Waals surface area contributed by atoms with Crippen molar-refractivity contribution in [3.63, 3.8) is 0 Å². The van der Waals surface area contributed by atoms with Gasteiger partial charge in [-0.15, -0.1) is 0 Å². The molecule has 0 saturated heterocycles. The van der Waals surface area contributed by atoms with Gasteiger partial charge in [0.15, 0.2) is 0 Å². The Morgan fingerprint density at radius 2 is 2.46 bits per heavy atom. The van der Waals surface area contributed by atoms with Crippen molar-refractivity contribution < 1.29 is 14.9 Å². The number of hydrogen-bond acceptors (Lipinski definition) is 4. The van der Waals surface area contributed by atoms with Crippen LogP contribution in [0.4, 0.5) is 0 Å². The molecular formula is C8H14N2O2S. The molecule has 0 spiro atoms. The lowest BCUT2D eigenvalue weighted by atomic mass is 9.93. The lowest BCUT2D eigenvalue weighted by molar-refractivity contribution is -0.479. The first-order valence-electron chi connectivity index (χ1n) is 4.17. The van der Waals surface area contributed by atoms with E-state index in [9.17, 15) is 9.90 Å². The maximum atomic E-state index is 10.2. The van der Waals surface area contributed by atoms with Crippen LogP contribution in [0.15, 0.2) is 0 Å². The molecule has 0 aromatic carbocycles. The molecule has 0 saturated carbocycles. The van der Waals surface area contributed by atoms with Gasteiger partial charge in [-0.25, -0.2) is 0 Å². The number of carbonyl (C=O) groups excluding carboxylic acids is 1. The van der Waals surface area contributed by atoms with Gasteiger partial charge in [-0.05, 0) is 11.8 Å². The summed E-state index contributed by atoms with van der Waals surface area (Å²) in [6.07, 6.45) is 0. The van der Waals surface area contributed by atoms with Crippen LogP contribution in [0.2, 0.25) is 0 Å². The van der Waals surface area contributed by atoms with E-state index in [-0.39, 0.29) is 11.2 Å². The minimum Gasteiger partial charge on any atom is -0.549 e. The average molecular weight is 202 g/mol. The molecule has 0 amide bonds. The lowest BCUT2D eigenvalue weighted by Crippen LogP contribution is -2.82. The van der Waals surface area contributed by atoms with Crippen molar-refractivity contribution in [3.05, 3.63) is 0 Å². The molecule has 1 heterocycles. The van der Waals surface area contributed by atoms with Crippen LogP contribution in [0, 0.1) is 5.41 Å². The zero-order chi connectivity index (χ0) is 9.90. The van der Waals surface area contributed by atoms with Crippen LogP contribution in [0.3, 0.4) is 0 Å². The Balaban J connectivity index is 2.38. The van der Waals surface area contributed by atoms with Crippen LogP contribution < -0.4 is 15.4 Å². The second kappa shape index (κ2) is 4.00. The minimum absolute atomic E-state index is 0.00420. The second-order valence-electron chi connectivity index (χ2n) is 3.86. The normalized spacial score (nSPS) is 20.3. The smallest absolute Gasteiger partial charge is 0.304 e. The van der Waals surface area contributed by atoms with Crippen LogP contribution in [0.25, 0.3) is 0 Å². The average Bonchev–Trinajstić information content (AvgIpc) is 2.02. The van der Waals surface area contributed by atoms with Gasteiger partial charge in [-0.3, -0.25) is 10.3 Å². The fourth-order valence-corrected chi connectivity index (χ4v) is 1.61. The molecule has 2 N–H and O–H groups in total. The van der Waals surface area contributed by atoms with Gasteiger partial charge in [0, 0.05) is 11.2 Å². The fourth-order valence-electron chi connectivity index (χ4n) is 0.997. The van der Waals surface area contributed by atoms with Gasteiger partial charge in [0.05, 0.1) is 19.1 Å². The van der Waals surface area contributed by atoms with Crippen LogP contribution in [-0.4, -0.2) is 30.0 Å². The molecule has 1 rings (SSSR count). The van der Waals surface area contributed by atoms with E-state index < -0.39 is 5.97 Å². The van der Waals surface area contributed by atoms with Crippen molar-refractivity contribution in [2.24, 2.45) is 5.41 Å². The summed E-state index contributed by atoms with van der Waals surface area (Å²) >= 11 is 1.24. The molecule has 0 aromatic heterocycles. The van der Waals surface area contributed by atoms with Crippen molar-refractivity contribution in [1.82, 2.24) is 5.32 Å². The number of thioether (sulfide) groups is 1. The third kappa shape index (κ3) is 3.67. The summed E-state index contributed by atoms with van der Waals surface area (Å²) in [5.41, 5.74) is 0.228. The van der Waals surface area contributed by atoms with Gasteiger partial charge < -0.3 is 9.90 Å². The number of aliphatic carboxylic acids is 1. The van der Waals surface area contributed by atoms with Crippen molar-refractivity contribution >= 4 is 22.9 Å². The van der Waals surface area contributed by atoms with Gasteiger partial charge in [-0.2, -0.15) is 0 Å². The number of nitrogens with one attached hydrogen (secondary N) is 2. The Kier molecular flexibility index (Phi) is 3.19. The van der Waals surface area contributed by atoms with Crippen LogP contribution in [0.5, 0.6) is 0 Å². The van der Waals surface area contributed by atoms with Gasteiger partial charge >= 0.3 is 5.17 Å². The van der Waals surface area contributed by atoms with Crippen LogP contribution in [-0.2, 0) is 4.79 Å². The van der Waals surface area contributed by atoms with E-state index in [0.29, 0.717) is 0 Å². The lowest BCUT2D eigenvalue weighted by Gasteiger charge is -2.23. The highest BCUT2D eigenvalue weighted by Gasteiger charge is 2.27. The summed E-state index contributed by atoms with van der Waals surface area (Å²) in [4.78, 5) is 13.3. The van der Waals surface area contributed by atoms with Gasteiger partial charge in [-0.1, -0.05) is 13.8 Å². The number of amidine groups is 1. The standard InChI is InChI=1S/C8H14N2O2S/c1-8(2)4-9-7(10-5-8)13-3-6(11)12/h3-5H2,1-2H3,(H,9,10)(H,11,12). The number of hydrogen-bond donors (Lipinski definition) is 2. The molecule has 4 nitrogen and oxygen atoms in total. The highest BCUT2D eigenvalue weighted by Crippen LogP contribution is 2.12. The van der Waals surface area contributed by atoms with Gasteiger partial charge in [0.2, 0.25) is 0 Å². The zero-order valence-electron chi connectivity index (χ0n) is 7.85. The highest BCUT2D eigenvalue weighted by molar-refractivity contribution is 8.14. The molecule has 5 heteroatoms. The third-order valence-corrected chi connectivity index (χ3v) is 2.75. The van der Waals surface area contributed by atoms with E-state index >= 15 is 0 Å². The maximum Gasteiger partial charge on any atom is 0.304 e. The van der Waals surface area contributed by atoms with E-state index in [2.05, 4.69) is 24.2 Å². The third-order valence-electron chi connectivity index (χ3n) is 1.79. The Morgan fingerprint density at radius 1 is 1.77 bits per heavy atom. The summed E-state index contributed by atoms with van der Waals surface area (Å²) in [5, 5.41) is 14.1. The quantitative estimate of drug-likeness (QED) is 0.521. The predicted octanol–water partition coefficient (Wildman–Crippen LogP) is -2.46. The highest BCUT2D eigenvalue weighted by atomic mass is 32.2. The first kappa shape index (κ1) is 10.4. The molecule has 13 heavy (non-hydrogen) atoms. The monoisotopic (exact) mass is 202 g/mol. The predicted molar refractivity (Wildman–Crippen MR) is 50.1 cm³/mol. The molecule has 0 unspecified atom stereocenters. The molecule has 0 atom stereocenters. The minimum atomic E-state index is -1.04. The van der Waals surface area contributed by atoms with Crippen molar-refractivity contribution in [3.8, 4) is 0 Å². The summed E-state index contributed by atoms with van der Waals surface area (Å²) in [5.74, 6) is -1.04. The first-order chi connectivity index (χ1) is 5.99. The van der Waals surface area contributed by atoms with Crippen molar-refractivity contribution in [2.75, 3.05) is 18.8 Å². The summed E-state index contributed by atoms with van der Waals surface area (Å²) in [7, 11) is 0. The number of carbonyl (C=O) groups is 1.